The minimum atomic E-state index is -0.0356. The second-order valence-electron chi connectivity index (χ2n) is 5.90. The van der Waals surface area contributed by atoms with Gasteiger partial charge in [-0.3, -0.25) is 0 Å². The van der Waals surface area contributed by atoms with Gasteiger partial charge in [-0.15, -0.1) is 0 Å². The monoisotopic (exact) mass is 337 g/mol. The van der Waals surface area contributed by atoms with E-state index >= 15 is 0 Å². The maximum atomic E-state index is 12.8. The second kappa shape index (κ2) is 9.03. The molecule has 1 aromatic carbocycles. The van der Waals surface area contributed by atoms with Gasteiger partial charge in [0, 0.05) is 18.8 Å². The molecule has 0 saturated carbocycles. The van der Waals surface area contributed by atoms with Crippen LogP contribution >= 0.6 is 11.8 Å². The zero-order valence-electron chi connectivity index (χ0n) is 14.2. The minimum Gasteiger partial charge on any atom is -0.492 e. The standard InChI is InChI=1S/C17H27N3O2S/c1-4-22-16-9-6-5-8-15(16)18-17(21)20-10-7-11-23-13-14(20)12-19(2)3/h5-6,8-9,14H,4,7,10-13H2,1-3H3,(H,18,21). The number of nitrogens with zero attached hydrogens (tertiary/aromatic N) is 2. The lowest BCUT2D eigenvalue weighted by Crippen LogP contribution is -2.48. The van der Waals surface area contributed by atoms with Crippen LogP contribution in [0.5, 0.6) is 5.75 Å². The van der Waals surface area contributed by atoms with E-state index < -0.39 is 0 Å². The lowest BCUT2D eigenvalue weighted by Gasteiger charge is -2.31. The predicted molar refractivity (Wildman–Crippen MR) is 97.6 cm³/mol. The summed E-state index contributed by atoms with van der Waals surface area (Å²) in [5, 5.41) is 3.03. The van der Waals surface area contributed by atoms with Gasteiger partial charge in [0.05, 0.1) is 18.3 Å². The molecule has 0 radical (unpaired) electrons. The highest BCUT2D eigenvalue weighted by Crippen LogP contribution is 2.25. The average molecular weight is 337 g/mol. The van der Waals surface area contributed by atoms with Crippen molar-refractivity contribution in [3.05, 3.63) is 24.3 Å². The summed E-state index contributed by atoms with van der Waals surface area (Å²) in [4.78, 5) is 16.9. The van der Waals surface area contributed by atoms with E-state index in [1.165, 1.54) is 0 Å². The highest BCUT2D eigenvalue weighted by molar-refractivity contribution is 7.99. The normalized spacial score (nSPS) is 18.6. The van der Waals surface area contributed by atoms with E-state index in [0.29, 0.717) is 6.61 Å². The predicted octanol–water partition coefficient (Wildman–Crippen LogP) is 2.99. The van der Waals surface area contributed by atoms with Crippen LogP contribution in [0.25, 0.3) is 0 Å². The van der Waals surface area contributed by atoms with Gasteiger partial charge in [0.15, 0.2) is 0 Å². The van der Waals surface area contributed by atoms with Gasteiger partial charge in [0.2, 0.25) is 0 Å². The van der Waals surface area contributed by atoms with Crippen LogP contribution in [-0.4, -0.2) is 67.2 Å². The molecule has 1 atom stereocenters. The van der Waals surface area contributed by atoms with E-state index in [0.717, 1.165) is 42.5 Å². The third kappa shape index (κ3) is 5.32. The molecule has 1 unspecified atom stereocenters. The third-order valence-corrected chi connectivity index (χ3v) is 4.90. The molecular weight excluding hydrogens is 310 g/mol. The molecule has 5 nitrogen and oxygen atoms in total. The topological polar surface area (TPSA) is 44.8 Å². The van der Waals surface area contributed by atoms with Crippen molar-refractivity contribution in [2.45, 2.75) is 19.4 Å². The summed E-state index contributed by atoms with van der Waals surface area (Å²) in [6.45, 7) is 4.20. The van der Waals surface area contributed by atoms with Gasteiger partial charge in [-0.1, -0.05) is 12.1 Å². The molecular formula is C17H27N3O2S. The van der Waals surface area contributed by atoms with Gasteiger partial charge in [-0.05, 0) is 45.3 Å². The van der Waals surface area contributed by atoms with E-state index in [2.05, 4.69) is 24.3 Å². The van der Waals surface area contributed by atoms with Crippen molar-refractivity contribution in [2.75, 3.05) is 50.6 Å². The molecule has 23 heavy (non-hydrogen) atoms. The number of benzene rings is 1. The first-order valence-corrected chi connectivity index (χ1v) is 9.29. The van der Waals surface area contributed by atoms with Crippen LogP contribution in [-0.2, 0) is 0 Å². The van der Waals surface area contributed by atoms with Crippen LogP contribution in [0.15, 0.2) is 24.3 Å². The number of anilines is 1. The van der Waals surface area contributed by atoms with Gasteiger partial charge in [-0.2, -0.15) is 11.8 Å². The zero-order valence-corrected chi connectivity index (χ0v) is 15.1. The Bertz CT molecular complexity index is 510. The Kier molecular flexibility index (Phi) is 7.05. The molecule has 2 amide bonds. The first-order chi connectivity index (χ1) is 11.1. The molecule has 0 aliphatic carbocycles. The Morgan fingerprint density at radius 1 is 1.43 bits per heavy atom. The van der Waals surface area contributed by atoms with Gasteiger partial charge in [0.1, 0.15) is 5.75 Å². The van der Waals surface area contributed by atoms with Crippen molar-refractivity contribution in [1.82, 2.24) is 9.80 Å². The van der Waals surface area contributed by atoms with E-state index in [-0.39, 0.29) is 12.1 Å². The third-order valence-electron chi connectivity index (χ3n) is 3.70. The summed E-state index contributed by atoms with van der Waals surface area (Å²) in [7, 11) is 4.10. The summed E-state index contributed by atoms with van der Waals surface area (Å²) in [6.07, 6.45) is 1.04. The summed E-state index contributed by atoms with van der Waals surface area (Å²) < 4.78 is 5.60. The molecule has 1 fully saturated rings. The van der Waals surface area contributed by atoms with Crippen LogP contribution in [0.4, 0.5) is 10.5 Å². The zero-order chi connectivity index (χ0) is 16.7. The van der Waals surface area contributed by atoms with Crippen molar-refractivity contribution in [2.24, 2.45) is 0 Å². The van der Waals surface area contributed by atoms with Gasteiger partial charge < -0.3 is 19.9 Å². The molecule has 1 aliphatic rings. The molecule has 1 N–H and O–H groups in total. The molecule has 2 rings (SSSR count). The Labute approximate surface area is 143 Å². The Hall–Kier alpha value is -1.40. The van der Waals surface area contributed by atoms with Crippen molar-refractivity contribution >= 4 is 23.5 Å². The van der Waals surface area contributed by atoms with Gasteiger partial charge in [0.25, 0.3) is 0 Å². The average Bonchev–Trinajstić information content (AvgIpc) is 2.74. The van der Waals surface area contributed by atoms with Crippen molar-refractivity contribution in [1.29, 1.82) is 0 Å². The number of ether oxygens (including phenoxy) is 1. The van der Waals surface area contributed by atoms with E-state index in [1.54, 1.807) is 0 Å². The largest absolute Gasteiger partial charge is 0.492 e. The fourth-order valence-corrected chi connectivity index (χ4v) is 3.76. The maximum absolute atomic E-state index is 12.8. The number of para-hydroxylation sites is 2. The minimum absolute atomic E-state index is 0.0356. The molecule has 1 heterocycles. The van der Waals surface area contributed by atoms with Crippen LogP contribution < -0.4 is 10.1 Å². The number of hydrogen-bond donors (Lipinski definition) is 1. The van der Waals surface area contributed by atoms with Crippen LogP contribution in [0, 0.1) is 0 Å². The van der Waals surface area contributed by atoms with E-state index in [4.69, 9.17) is 4.74 Å². The Balaban J connectivity index is 2.10. The number of carbonyl (C=O) groups excluding carboxylic acids is 1. The van der Waals surface area contributed by atoms with Crippen LogP contribution in [0.1, 0.15) is 13.3 Å². The molecule has 0 aromatic heterocycles. The van der Waals surface area contributed by atoms with Gasteiger partial charge >= 0.3 is 6.03 Å². The molecule has 0 spiro atoms. The fourth-order valence-electron chi connectivity index (χ4n) is 2.71. The molecule has 6 heteroatoms. The number of amides is 2. The number of nitrogens with one attached hydrogen (secondary N) is 1. The smallest absolute Gasteiger partial charge is 0.322 e. The SMILES string of the molecule is CCOc1ccccc1NC(=O)N1CCCSCC1CN(C)C. The van der Waals surface area contributed by atoms with Crippen molar-refractivity contribution < 1.29 is 9.53 Å². The number of rotatable bonds is 5. The number of likely N-dealkylation sites (N-methyl/N-ethyl adjacent to an activating group) is 1. The van der Waals surface area contributed by atoms with Crippen LogP contribution in [0.3, 0.4) is 0 Å². The lowest BCUT2D eigenvalue weighted by atomic mass is 10.2. The number of hydrogen-bond acceptors (Lipinski definition) is 4. The molecule has 1 saturated heterocycles. The summed E-state index contributed by atoms with van der Waals surface area (Å²) >= 11 is 1.93. The number of thioether (sulfide) groups is 1. The van der Waals surface area contributed by atoms with Gasteiger partial charge in [-0.25, -0.2) is 4.79 Å². The molecule has 128 valence electrons. The molecule has 1 aromatic rings. The molecule has 1 aliphatic heterocycles. The lowest BCUT2D eigenvalue weighted by molar-refractivity contribution is 0.180. The summed E-state index contributed by atoms with van der Waals surface area (Å²) in [5.41, 5.74) is 0.736. The summed E-state index contributed by atoms with van der Waals surface area (Å²) in [5.74, 6) is 2.82. The quantitative estimate of drug-likeness (QED) is 0.897. The highest BCUT2D eigenvalue weighted by atomic mass is 32.2. The highest BCUT2D eigenvalue weighted by Gasteiger charge is 2.26. The molecule has 0 bridgehead atoms. The number of urea groups is 1. The van der Waals surface area contributed by atoms with Crippen LogP contribution in [0.2, 0.25) is 0 Å². The maximum Gasteiger partial charge on any atom is 0.322 e. The second-order valence-corrected chi connectivity index (χ2v) is 7.05. The van der Waals surface area contributed by atoms with E-state index in [1.807, 2.05) is 47.9 Å². The Morgan fingerprint density at radius 2 is 2.22 bits per heavy atom. The first-order valence-electron chi connectivity index (χ1n) is 8.13. The summed E-state index contributed by atoms with van der Waals surface area (Å²) in [6, 6.07) is 7.79. The fraction of sp³-hybridized carbons (Fsp3) is 0.588. The number of carbonyl (C=O) groups is 1. The Morgan fingerprint density at radius 3 is 2.96 bits per heavy atom. The van der Waals surface area contributed by atoms with Crippen molar-refractivity contribution in [3.63, 3.8) is 0 Å². The first kappa shape index (κ1) is 17.9. The van der Waals surface area contributed by atoms with Crippen molar-refractivity contribution in [3.8, 4) is 5.75 Å². The van der Waals surface area contributed by atoms with E-state index in [9.17, 15) is 4.79 Å².